The second kappa shape index (κ2) is 7.07. The number of carbonyl (C=O) groups excluding carboxylic acids is 1. The number of amides is 1. The number of hydrogen-bond donors (Lipinski definition) is 0. The van der Waals surface area contributed by atoms with Crippen molar-refractivity contribution < 1.29 is 22.7 Å². The van der Waals surface area contributed by atoms with E-state index in [1.54, 1.807) is 12.1 Å². The molecule has 0 saturated heterocycles. The molecule has 0 radical (unpaired) electrons. The summed E-state index contributed by atoms with van der Waals surface area (Å²) in [6.07, 6.45) is -2.82. The molecule has 1 saturated carbocycles. The van der Waals surface area contributed by atoms with Crippen LogP contribution in [0.4, 0.5) is 18.9 Å². The predicted octanol–water partition coefficient (Wildman–Crippen LogP) is 3.91. The third-order valence-electron chi connectivity index (χ3n) is 5.36. The van der Waals surface area contributed by atoms with Crippen molar-refractivity contribution >= 4 is 11.6 Å². The molecular weight excluding hydrogens is 411 g/mol. The third-order valence-corrected chi connectivity index (χ3v) is 5.36. The monoisotopic (exact) mass is 429 g/mol. The van der Waals surface area contributed by atoms with Crippen molar-refractivity contribution in [2.45, 2.75) is 31.9 Å². The predicted molar refractivity (Wildman–Crippen MR) is 104 cm³/mol. The van der Waals surface area contributed by atoms with E-state index in [4.69, 9.17) is 4.74 Å². The van der Waals surface area contributed by atoms with Crippen molar-refractivity contribution in [2.75, 3.05) is 18.1 Å². The number of hydrogen-bond acceptors (Lipinski definition) is 5. The van der Waals surface area contributed by atoms with Crippen LogP contribution in [-0.4, -0.2) is 39.0 Å². The molecule has 0 N–H and O–H groups in total. The molecule has 0 unspecified atom stereocenters. The summed E-state index contributed by atoms with van der Waals surface area (Å²) in [6.45, 7) is 2.43. The molecule has 0 bridgehead atoms. The van der Waals surface area contributed by atoms with E-state index < -0.39 is 11.7 Å². The van der Waals surface area contributed by atoms with Crippen LogP contribution in [0.5, 0.6) is 5.88 Å². The fourth-order valence-corrected chi connectivity index (χ4v) is 3.70. The van der Waals surface area contributed by atoms with Gasteiger partial charge in [0, 0.05) is 11.6 Å². The smallest absolute Gasteiger partial charge is 0.416 e. The van der Waals surface area contributed by atoms with Gasteiger partial charge in [-0.15, -0.1) is 5.10 Å². The first-order valence-electron chi connectivity index (χ1n) is 9.88. The largest absolute Gasteiger partial charge is 0.474 e. The standard InChI is InChI=1S/C21H18F3N5O2/c1-12-5-8-16-19(25-12)31-10-9-28(16)20(30)17-18(13-6-7-13)29(27-26-17)15-4-2-3-14(11-15)21(22,23)24/h2-5,8,11,13H,6-7,9-10H2,1H3. The number of alkyl halides is 3. The number of aromatic nitrogens is 4. The van der Waals surface area contributed by atoms with E-state index in [9.17, 15) is 18.0 Å². The zero-order chi connectivity index (χ0) is 21.8. The van der Waals surface area contributed by atoms with Crippen molar-refractivity contribution in [3.05, 3.63) is 59.0 Å². The minimum atomic E-state index is -4.47. The molecule has 1 amide bonds. The van der Waals surface area contributed by atoms with E-state index >= 15 is 0 Å². The average Bonchev–Trinajstić information content (AvgIpc) is 3.49. The molecule has 31 heavy (non-hydrogen) atoms. The van der Waals surface area contributed by atoms with Gasteiger partial charge in [-0.1, -0.05) is 11.3 Å². The number of ether oxygens (including phenoxy) is 1. The molecule has 3 heterocycles. The minimum Gasteiger partial charge on any atom is -0.474 e. The molecule has 1 aromatic carbocycles. The van der Waals surface area contributed by atoms with E-state index in [1.807, 2.05) is 6.92 Å². The number of nitrogens with zero attached hydrogens (tertiary/aromatic N) is 5. The molecule has 0 spiro atoms. The third kappa shape index (κ3) is 3.51. The second-order valence-corrected chi connectivity index (χ2v) is 7.64. The summed E-state index contributed by atoms with van der Waals surface area (Å²) in [5.74, 6) is 0.0355. The number of anilines is 1. The van der Waals surface area contributed by atoms with Crippen LogP contribution < -0.4 is 9.64 Å². The van der Waals surface area contributed by atoms with E-state index in [1.165, 1.54) is 21.7 Å². The zero-order valence-corrected chi connectivity index (χ0v) is 16.6. The van der Waals surface area contributed by atoms with Gasteiger partial charge in [-0.05, 0) is 50.1 Å². The maximum atomic E-state index is 13.4. The number of pyridine rings is 1. The molecule has 5 rings (SSSR count). The Labute approximate surface area is 175 Å². The van der Waals surface area contributed by atoms with Gasteiger partial charge >= 0.3 is 6.18 Å². The lowest BCUT2D eigenvalue weighted by Gasteiger charge is -2.28. The highest BCUT2D eigenvalue weighted by atomic mass is 19.4. The maximum absolute atomic E-state index is 13.4. The minimum absolute atomic E-state index is 0.0279. The van der Waals surface area contributed by atoms with Crippen LogP contribution in [0, 0.1) is 6.92 Å². The Balaban J connectivity index is 1.56. The molecule has 0 atom stereocenters. The van der Waals surface area contributed by atoms with Crippen molar-refractivity contribution in [2.24, 2.45) is 0 Å². The van der Waals surface area contributed by atoms with Crippen LogP contribution in [0.1, 0.15) is 46.2 Å². The first-order chi connectivity index (χ1) is 14.8. The summed E-state index contributed by atoms with van der Waals surface area (Å²) in [5, 5.41) is 8.15. The van der Waals surface area contributed by atoms with Crippen LogP contribution in [0.25, 0.3) is 5.69 Å². The van der Waals surface area contributed by atoms with Gasteiger partial charge in [0.15, 0.2) is 5.69 Å². The van der Waals surface area contributed by atoms with E-state index in [-0.39, 0.29) is 29.8 Å². The summed E-state index contributed by atoms with van der Waals surface area (Å²) in [4.78, 5) is 19.3. The average molecular weight is 429 g/mol. The lowest BCUT2D eigenvalue weighted by atomic mass is 10.1. The summed E-state index contributed by atoms with van der Waals surface area (Å²) >= 11 is 0. The van der Waals surface area contributed by atoms with Gasteiger partial charge in [0.1, 0.15) is 12.3 Å². The van der Waals surface area contributed by atoms with Gasteiger partial charge in [-0.2, -0.15) is 13.2 Å². The van der Waals surface area contributed by atoms with Crippen LogP contribution in [0.2, 0.25) is 0 Å². The Morgan fingerprint density at radius 3 is 2.74 bits per heavy atom. The van der Waals surface area contributed by atoms with Crippen LogP contribution in [-0.2, 0) is 6.18 Å². The van der Waals surface area contributed by atoms with Gasteiger partial charge in [0.25, 0.3) is 5.91 Å². The van der Waals surface area contributed by atoms with Crippen molar-refractivity contribution in [3.8, 4) is 11.6 Å². The lowest BCUT2D eigenvalue weighted by molar-refractivity contribution is -0.137. The molecule has 160 valence electrons. The van der Waals surface area contributed by atoms with E-state index in [0.717, 1.165) is 30.7 Å². The van der Waals surface area contributed by atoms with Crippen LogP contribution in [0.3, 0.4) is 0 Å². The molecule has 2 aliphatic rings. The highest BCUT2D eigenvalue weighted by Crippen LogP contribution is 2.43. The Bertz CT molecular complexity index is 1170. The van der Waals surface area contributed by atoms with Gasteiger partial charge in [0.2, 0.25) is 5.88 Å². The number of fused-ring (bicyclic) bond motifs is 1. The number of halogens is 3. The van der Waals surface area contributed by atoms with Crippen molar-refractivity contribution in [1.29, 1.82) is 0 Å². The topological polar surface area (TPSA) is 73.1 Å². The normalized spacial score (nSPS) is 16.1. The maximum Gasteiger partial charge on any atom is 0.416 e. The summed E-state index contributed by atoms with van der Waals surface area (Å²) in [5.41, 5.74) is 1.44. The first kappa shape index (κ1) is 19.5. The molecular formula is C21H18F3N5O2. The quantitative estimate of drug-likeness (QED) is 0.631. The SMILES string of the molecule is Cc1ccc2c(n1)OCCN2C(=O)c1nnn(-c2cccc(C(F)(F)F)c2)c1C1CC1. The Morgan fingerprint density at radius 2 is 2.00 bits per heavy atom. The summed E-state index contributed by atoms with van der Waals surface area (Å²) in [6, 6.07) is 8.43. The highest BCUT2D eigenvalue weighted by Gasteiger charge is 2.38. The molecule has 3 aromatic rings. The molecule has 7 nitrogen and oxygen atoms in total. The van der Waals surface area contributed by atoms with E-state index in [2.05, 4.69) is 15.3 Å². The Hall–Kier alpha value is -3.43. The molecule has 2 aromatic heterocycles. The van der Waals surface area contributed by atoms with Gasteiger partial charge in [0.05, 0.1) is 23.5 Å². The number of benzene rings is 1. The van der Waals surface area contributed by atoms with E-state index in [0.29, 0.717) is 23.8 Å². The Kier molecular flexibility index (Phi) is 4.45. The number of aryl methyl sites for hydroxylation is 1. The zero-order valence-electron chi connectivity index (χ0n) is 16.6. The first-order valence-corrected chi connectivity index (χ1v) is 9.88. The van der Waals surface area contributed by atoms with Crippen LogP contribution >= 0.6 is 0 Å². The summed E-state index contributed by atoms with van der Waals surface area (Å²) in [7, 11) is 0. The fraction of sp³-hybridized carbons (Fsp3) is 0.333. The molecule has 1 fully saturated rings. The Morgan fingerprint density at radius 1 is 1.19 bits per heavy atom. The van der Waals surface area contributed by atoms with Gasteiger partial charge in [-0.25, -0.2) is 9.67 Å². The number of rotatable bonds is 3. The van der Waals surface area contributed by atoms with Gasteiger partial charge < -0.3 is 4.74 Å². The highest BCUT2D eigenvalue weighted by molar-refractivity contribution is 6.06. The van der Waals surface area contributed by atoms with Crippen molar-refractivity contribution in [3.63, 3.8) is 0 Å². The fourth-order valence-electron chi connectivity index (χ4n) is 3.70. The molecule has 10 heteroatoms. The van der Waals surface area contributed by atoms with Crippen molar-refractivity contribution in [1.82, 2.24) is 20.0 Å². The lowest BCUT2D eigenvalue weighted by Crippen LogP contribution is -2.39. The number of carbonyl (C=O) groups is 1. The summed E-state index contributed by atoms with van der Waals surface area (Å²) < 4.78 is 46.5. The second-order valence-electron chi connectivity index (χ2n) is 7.64. The van der Waals surface area contributed by atoms with Gasteiger partial charge in [-0.3, -0.25) is 9.69 Å². The molecule has 1 aliphatic carbocycles. The molecule has 1 aliphatic heterocycles. The van der Waals surface area contributed by atoms with Crippen LogP contribution in [0.15, 0.2) is 36.4 Å².